The van der Waals surface area contributed by atoms with Crippen LogP contribution in [-0.4, -0.2) is 23.0 Å². The van der Waals surface area contributed by atoms with Gasteiger partial charge in [-0.2, -0.15) is 9.78 Å². The molecule has 10 heteroatoms. The summed E-state index contributed by atoms with van der Waals surface area (Å²) in [6, 6.07) is 24.6. The maximum absolute atomic E-state index is 14.1. The lowest BCUT2D eigenvalue weighted by Gasteiger charge is -2.14. The smallest absolute Gasteiger partial charge is 0.282 e. The first kappa shape index (κ1) is 27.2. The highest BCUT2D eigenvalue weighted by atomic mass is 127. The molecule has 4 aromatic carbocycles. The van der Waals surface area contributed by atoms with Crippen LogP contribution in [0, 0.1) is 9.39 Å². The summed E-state index contributed by atoms with van der Waals surface area (Å²) in [5, 5.41) is 5.83. The minimum atomic E-state index is -0.340. The van der Waals surface area contributed by atoms with Gasteiger partial charge in [0.25, 0.3) is 5.56 Å². The van der Waals surface area contributed by atoms with Crippen molar-refractivity contribution >= 4 is 66.6 Å². The van der Waals surface area contributed by atoms with Crippen LogP contribution < -0.4 is 15.0 Å². The van der Waals surface area contributed by atoms with Crippen LogP contribution in [0.15, 0.2) is 104 Å². The highest BCUT2D eigenvalue weighted by Crippen LogP contribution is 2.34. The summed E-state index contributed by atoms with van der Waals surface area (Å²) in [6.07, 6.45) is 1.55. The number of methoxy groups -OCH3 is 1. The van der Waals surface area contributed by atoms with Gasteiger partial charge in [0, 0.05) is 15.4 Å². The van der Waals surface area contributed by atoms with E-state index in [1.165, 1.54) is 17.9 Å². The predicted octanol–water partition coefficient (Wildman–Crippen LogP) is 7.79. The molecule has 0 aliphatic carbocycles. The van der Waals surface area contributed by atoms with E-state index in [0.29, 0.717) is 44.9 Å². The van der Waals surface area contributed by atoms with Gasteiger partial charge in [-0.1, -0.05) is 46.3 Å². The number of fused-ring (bicyclic) bond motifs is 2. The molecule has 2 heterocycles. The molecule has 6 rings (SSSR count). The van der Waals surface area contributed by atoms with Gasteiger partial charge >= 0.3 is 0 Å². The van der Waals surface area contributed by atoms with E-state index in [1.54, 1.807) is 48.7 Å². The van der Waals surface area contributed by atoms with E-state index >= 15 is 0 Å². The molecule has 0 radical (unpaired) electrons. The molecule has 0 saturated carbocycles. The van der Waals surface area contributed by atoms with Crippen molar-refractivity contribution in [3.63, 3.8) is 0 Å². The minimum Gasteiger partial charge on any atom is -0.493 e. The van der Waals surface area contributed by atoms with Gasteiger partial charge in [0.15, 0.2) is 17.3 Å². The van der Waals surface area contributed by atoms with Gasteiger partial charge in [-0.15, -0.1) is 0 Å². The third kappa shape index (κ3) is 5.49. The molecule has 0 spiro atoms. The lowest BCUT2D eigenvalue weighted by Crippen LogP contribution is -2.20. The van der Waals surface area contributed by atoms with Crippen LogP contribution in [0.4, 0.5) is 4.39 Å². The van der Waals surface area contributed by atoms with Gasteiger partial charge < -0.3 is 13.9 Å². The van der Waals surface area contributed by atoms with Gasteiger partial charge in [-0.25, -0.2) is 9.37 Å². The maximum atomic E-state index is 14.1. The maximum Gasteiger partial charge on any atom is 0.282 e. The second-order valence-electron chi connectivity index (χ2n) is 9.02. The van der Waals surface area contributed by atoms with Crippen molar-refractivity contribution in [2.75, 3.05) is 7.11 Å². The Labute approximate surface area is 255 Å². The number of nitrogens with zero attached hydrogens (tertiary/aromatic N) is 3. The molecule has 0 amide bonds. The third-order valence-electron chi connectivity index (χ3n) is 6.36. The average molecular weight is 724 g/mol. The Balaban J connectivity index is 1.40. The van der Waals surface area contributed by atoms with Crippen molar-refractivity contribution in [1.29, 1.82) is 0 Å². The highest BCUT2D eigenvalue weighted by molar-refractivity contribution is 14.1. The molecule has 0 unspecified atom stereocenters. The molecule has 0 N–H and O–H groups in total. The quantitative estimate of drug-likeness (QED) is 0.124. The van der Waals surface area contributed by atoms with Crippen LogP contribution in [0.25, 0.3) is 33.5 Å². The number of hydrogen-bond acceptors (Lipinski definition) is 6. The van der Waals surface area contributed by atoms with Crippen LogP contribution in [0.2, 0.25) is 0 Å². The predicted molar refractivity (Wildman–Crippen MR) is 168 cm³/mol. The second kappa shape index (κ2) is 11.5. The molecule has 2 aromatic heterocycles. The minimum absolute atomic E-state index is 0.0437. The Morgan fingerprint density at radius 1 is 1.07 bits per heavy atom. The number of hydrogen-bond donors (Lipinski definition) is 0. The van der Waals surface area contributed by atoms with E-state index in [1.807, 2.05) is 36.4 Å². The topological polar surface area (TPSA) is 78.9 Å². The van der Waals surface area contributed by atoms with Crippen molar-refractivity contribution < 1.29 is 18.3 Å². The summed E-state index contributed by atoms with van der Waals surface area (Å²) in [4.78, 5) is 18.3. The van der Waals surface area contributed by atoms with Gasteiger partial charge in [0.1, 0.15) is 18.0 Å². The first-order chi connectivity index (χ1) is 19.9. The van der Waals surface area contributed by atoms with Gasteiger partial charge in [-0.3, -0.25) is 4.79 Å². The van der Waals surface area contributed by atoms with Crippen LogP contribution in [0.5, 0.6) is 11.5 Å². The summed E-state index contributed by atoms with van der Waals surface area (Å²) < 4.78 is 34.5. The normalized spacial score (nSPS) is 11.5. The standard InChI is InChI=1S/C31H20BrFIN3O4/c1-39-27-13-18(12-24(34)29(27)40-17-19-6-2-4-8-23(19)33)16-35-37-30(36-25-9-5-3-7-22(25)31(37)38)28-15-20-14-21(32)10-11-26(20)41-28/h2-16H,17H2,1H3. The fourth-order valence-electron chi connectivity index (χ4n) is 4.36. The zero-order valence-corrected chi connectivity index (χ0v) is 25.2. The molecule has 7 nitrogen and oxygen atoms in total. The molecule has 6 aromatic rings. The van der Waals surface area contributed by atoms with Gasteiger partial charge in [0.05, 0.1) is 27.8 Å². The number of halogens is 3. The number of aromatic nitrogens is 2. The van der Waals surface area contributed by atoms with Gasteiger partial charge in [-0.05, 0) is 82.8 Å². The fourth-order valence-corrected chi connectivity index (χ4v) is 5.52. The SMILES string of the molecule is COc1cc(C=Nn2c(-c3cc4cc(Br)ccc4o3)nc3ccccc3c2=O)cc(I)c1OCc1ccccc1F. The van der Waals surface area contributed by atoms with E-state index in [4.69, 9.17) is 18.9 Å². The number of benzene rings is 4. The zero-order valence-electron chi connectivity index (χ0n) is 21.5. The van der Waals surface area contributed by atoms with Crippen molar-refractivity contribution in [2.45, 2.75) is 6.61 Å². The van der Waals surface area contributed by atoms with E-state index in [0.717, 1.165) is 13.4 Å². The second-order valence-corrected chi connectivity index (χ2v) is 11.1. The molecule has 204 valence electrons. The summed E-state index contributed by atoms with van der Waals surface area (Å²) in [5.74, 6) is 1.26. The van der Waals surface area contributed by atoms with E-state index in [-0.39, 0.29) is 23.8 Å². The molecular formula is C31H20BrFIN3O4. The molecular weight excluding hydrogens is 704 g/mol. The monoisotopic (exact) mass is 723 g/mol. The molecule has 0 aliphatic heterocycles. The lowest BCUT2D eigenvalue weighted by molar-refractivity contribution is 0.277. The van der Waals surface area contributed by atoms with E-state index < -0.39 is 0 Å². The average Bonchev–Trinajstić information content (AvgIpc) is 3.39. The molecule has 0 aliphatic rings. The third-order valence-corrected chi connectivity index (χ3v) is 7.65. The molecule has 0 atom stereocenters. The first-order valence-corrected chi connectivity index (χ1v) is 14.3. The van der Waals surface area contributed by atoms with Crippen LogP contribution in [0.1, 0.15) is 11.1 Å². The van der Waals surface area contributed by atoms with Crippen LogP contribution >= 0.6 is 38.5 Å². The lowest BCUT2D eigenvalue weighted by atomic mass is 10.2. The number of rotatable bonds is 7. The Kier molecular flexibility index (Phi) is 7.59. The zero-order chi connectivity index (χ0) is 28.5. The number of furan rings is 1. The number of ether oxygens (including phenoxy) is 2. The largest absolute Gasteiger partial charge is 0.493 e. The Hall–Kier alpha value is -4.03. The Morgan fingerprint density at radius 2 is 1.88 bits per heavy atom. The van der Waals surface area contributed by atoms with Crippen molar-refractivity contribution in [3.8, 4) is 23.1 Å². The number of para-hydroxylation sites is 1. The summed E-state index contributed by atoms with van der Waals surface area (Å²) in [6.45, 7) is 0.0437. The van der Waals surface area contributed by atoms with E-state index in [2.05, 4.69) is 43.6 Å². The summed E-state index contributed by atoms with van der Waals surface area (Å²) in [5.41, 5.74) is 1.95. The van der Waals surface area contributed by atoms with Crippen molar-refractivity contribution in [3.05, 3.63) is 120 Å². The molecule has 0 fully saturated rings. The highest BCUT2D eigenvalue weighted by Gasteiger charge is 2.17. The Morgan fingerprint density at radius 3 is 2.71 bits per heavy atom. The molecule has 0 saturated heterocycles. The van der Waals surface area contributed by atoms with Crippen molar-refractivity contribution in [1.82, 2.24) is 9.66 Å². The van der Waals surface area contributed by atoms with Crippen molar-refractivity contribution in [2.24, 2.45) is 5.10 Å². The van der Waals surface area contributed by atoms with Crippen LogP contribution in [-0.2, 0) is 6.61 Å². The summed E-state index contributed by atoms with van der Waals surface area (Å²) in [7, 11) is 1.53. The summed E-state index contributed by atoms with van der Waals surface area (Å²) >= 11 is 5.61. The Bertz CT molecular complexity index is 2020. The van der Waals surface area contributed by atoms with E-state index in [9.17, 15) is 9.18 Å². The molecule has 41 heavy (non-hydrogen) atoms. The van der Waals surface area contributed by atoms with Crippen LogP contribution in [0.3, 0.4) is 0 Å². The fraction of sp³-hybridized carbons (Fsp3) is 0.0645. The first-order valence-electron chi connectivity index (χ1n) is 12.4. The van der Waals surface area contributed by atoms with Gasteiger partial charge in [0.2, 0.25) is 5.82 Å². The molecule has 0 bridgehead atoms.